The van der Waals surface area contributed by atoms with Gasteiger partial charge in [0.25, 0.3) is 0 Å². The van der Waals surface area contributed by atoms with Crippen molar-refractivity contribution in [2.75, 3.05) is 18.4 Å². The van der Waals surface area contributed by atoms with Crippen molar-refractivity contribution in [1.29, 1.82) is 0 Å². The van der Waals surface area contributed by atoms with Crippen molar-refractivity contribution in [2.24, 2.45) is 0 Å². The van der Waals surface area contributed by atoms with E-state index >= 15 is 0 Å². The number of benzene rings is 3. The van der Waals surface area contributed by atoms with Crippen molar-refractivity contribution in [2.45, 2.75) is 36.6 Å². The molecule has 1 aliphatic heterocycles. The van der Waals surface area contributed by atoms with Gasteiger partial charge in [-0.15, -0.1) is 0 Å². The van der Waals surface area contributed by atoms with Crippen LogP contribution in [0.3, 0.4) is 0 Å². The maximum Gasteiger partial charge on any atom is 0.321 e. The van der Waals surface area contributed by atoms with Crippen LogP contribution in [0.25, 0.3) is 0 Å². The summed E-state index contributed by atoms with van der Waals surface area (Å²) in [6.45, 7) is 1.51. The van der Waals surface area contributed by atoms with Crippen molar-refractivity contribution >= 4 is 21.7 Å². The quantitative estimate of drug-likeness (QED) is 0.530. The van der Waals surface area contributed by atoms with E-state index in [4.69, 9.17) is 0 Å². The molecule has 1 saturated heterocycles. The monoisotopic (exact) mass is 463 g/mol. The normalized spacial score (nSPS) is 14.6. The summed E-state index contributed by atoms with van der Waals surface area (Å²) in [7, 11) is -3.80. The van der Waals surface area contributed by atoms with Gasteiger partial charge in [-0.25, -0.2) is 13.2 Å². The first-order valence-corrected chi connectivity index (χ1v) is 12.8. The number of anilines is 1. The molecule has 0 aliphatic carbocycles. The minimum atomic E-state index is -3.80. The second-order valence-corrected chi connectivity index (χ2v) is 9.95. The maximum absolute atomic E-state index is 13.2. The number of carbonyl (C=O) groups excluding carboxylic acids is 1. The van der Waals surface area contributed by atoms with Gasteiger partial charge >= 0.3 is 6.03 Å². The van der Waals surface area contributed by atoms with Crippen LogP contribution >= 0.6 is 0 Å². The van der Waals surface area contributed by atoms with Gasteiger partial charge < -0.3 is 10.2 Å². The van der Waals surface area contributed by atoms with Crippen LogP contribution < -0.4 is 10.0 Å². The van der Waals surface area contributed by atoms with E-state index in [9.17, 15) is 13.2 Å². The summed E-state index contributed by atoms with van der Waals surface area (Å²) in [6, 6.07) is 24.6. The fraction of sp³-hybridized carbons (Fsp3) is 0.269. The standard InChI is InChI=1S/C26H29N3O3S/c30-26(29-19-9-1-2-10-20-29)27-23-15-17-24(18-16-23)33(31,32)28-25(21-11-5-3-6-12-21)22-13-7-4-8-14-22/h3-8,11-18,25,28H,1-2,9-10,19-20H2,(H,27,30). The van der Waals surface area contributed by atoms with Gasteiger partial charge in [0.1, 0.15) is 0 Å². The van der Waals surface area contributed by atoms with Gasteiger partial charge in [-0.05, 0) is 48.2 Å². The van der Waals surface area contributed by atoms with Gasteiger partial charge in [0.05, 0.1) is 10.9 Å². The molecule has 3 aromatic rings. The average Bonchev–Trinajstić information content (AvgIpc) is 3.14. The molecule has 0 unspecified atom stereocenters. The lowest BCUT2D eigenvalue weighted by molar-refractivity contribution is 0.214. The highest BCUT2D eigenvalue weighted by Gasteiger charge is 2.23. The Bertz CT molecular complexity index is 1100. The molecule has 6 nitrogen and oxygen atoms in total. The van der Waals surface area contributed by atoms with E-state index in [1.807, 2.05) is 65.6 Å². The number of hydrogen-bond donors (Lipinski definition) is 2. The third-order valence-electron chi connectivity index (χ3n) is 5.85. The van der Waals surface area contributed by atoms with Crippen molar-refractivity contribution in [3.8, 4) is 0 Å². The summed E-state index contributed by atoms with van der Waals surface area (Å²) in [5, 5.41) is 2.88. The predicted molar refractivity (Wildman–Crippen MR) is 131 cm³/mol. The van der Waals surface area contributed by atoms with Crippen molar-refractivity contribution in [1.82, 2.24) is 9.62 Å². The lowest BCUT2D eigenvalue weighted by Crippen LogP contribution is -2.35. The first-order valence-electron chi connectivity index (χ1n) is 11.3. The highest BCUT2D eigenvalue weighted by Crippen LogP contribution is 2.25. The third kappa shape index (κ3) is 6.00. The van der Waals surface area contributed by atoms with E-state index < -0.39 is 16.1 Å². The Labute approximate surface area is 195 Å². The Morgan fingerprint density at radius 3 is 1.76 bits per heavy atom. The molecule has 0 bridgehead atoms. The zero-order valence-corrected chi connectivity index (χ0v) is 19.3. The summed E-state index contributed by atoms with van der Waals surface area (Å²) < 4.78 is 29.2. The lowest BCUT2D eigenvalue weighted by Gasteiger charge is -2.21. The molecule has 0 aromatic heterocycles. The number of hydrogen-bond acceptors (Lipinski definition) is 3. The summed E-state index contributed by atoms with van der Waals surface area (Å²) in [5.41, 5.74) is 2.29. The number of carbonyl (C=O) groups is 1. The smallest absolute Gasteiger partial charge is 0.321 e. The molecule has 1 fully saturated rings. The van der Waals surface area contributed by atoms with Crippen LogP contribution in [0.4, 0.5) is 10.5 Å². The number of nitrogens with one attached hydrogen (secondary N) is 2. The number of urea groups is 1. The second kappa shape index (κ2) is 10.6. The van der Waals surface area contributed by atoms with Gasteiger partial charge in [-0.1, -0.05) is 73.5 Å². The van der Waals surface area contributed by atoms with Gasteiger partial charge in [0.15, 0.2) is 0 Å². The van der Waals surface area contributed by atoms with Crippen LogP contribution in [0.15, 0.2) is 89.8 Å². The molecular formula is C26H29N3O3S. The van der Waals surface area contributed by atoms with E-state index in [1.165, 1.54) is 12.1 Å². The largest absolute Gasteiger partial charge is 0.325 e. The first kappa shape index (κ1) is 23.0. The van der Waals surface area contributed by atoms with Crippen molar-refractivity contribution in [3.63, 3.8) is 0 Å². The molecule has 0 radical (unpaired) electrons. The average molecular weight is 464 g/mol. The summed E-state index contributed by atoms with van der Waals surface area (Å²) in [5.74, 6) is 0. The maximum atomic E-state index is 13.2. The van der Waals surface area contributed by atoms with Crippen molar-refractivity contribution in [3.05, 3.63) is 96.1 Å². The van der Waals surface area contributed by atoms with E-state index in [-0.39, 0.29) is 10.9 Å². The second-order valence-electron chi connectivity index (χ2n) is 8.23. The molecule has 2 amide bonds. The van der Waals surface area contributed by atoms with Gasteiger partial charge in [0, 0.05) is 18.8 Å². The van der Waals surface area contributed by atoms with Gasteiger partial charge in [-0.2, -0.15) is 4.72 Å². The molecular weight excluding hydrogens is 434 g/mol. The molecule has 172 valence electrons. The first-order chi connectivity index (χ1) is 16.0. The molecule has 7 heteroatoms. The minimum Gasteiger partial charge on any atom is -0.325 e. The molecule has 0 atom stereocenters. The zero-order valence-electron chi connectivity index (χ0n) is 18.5. The SMILES string of the molecule is O=C(Nc1ccc(S(=O)(=O)NC(c2ccccc2)c2ccccc2)cc1)N1CCCCCC1. The molecule has 0 saturated carbocycles. The summed E-state index contributed by atoms with van der Waals surface area (Å²) in [4.78, 5) is 14.5. The molecule has 4 rings (SSSR count). The predicted octanol–water partition coefficient (Wildman–Crippen LogP) is 5.16. The highest BCUT2D eigenvalue weighted by molar-refractivity contribution is 7.89. The molecule has 1 heterocycles. The summed E-state index contributed by atoms with van der Waals surface area (Å²) in [6.07, 6.45) is 4.33. The molecule has 0 spiro atoms. The van der Waals surface area contributed by atoms with Crippen molar-refractivity contribution < 1.29 is 13.2 Å². The Kier molecular flexibility index (Phi) is 7.42. The van der Waals surface area contributed by atoms with Crippen LogP contribution in [0.2, 0.25) is 0 Å². The van der Waals surface area contributed by atoms with Crippen LogP contribution in [0.5, 0.6) is 0 Å². The summed E-state index contributed by atoms with van der Waals surface area (Å²) >= 11 is 0. The number of rotatable bonds is 6. The number of amides is 2. The number of likely N-dealkylation sites (tertiary alicyclic amines) is 1. The molecule has 2 N–H and O–H groups in total. The number of sulfonamides is 1. The van der Waals surface area contributed by atoms with E-state index in [0.717, 1.165) is 49.9 Å². The lowest BCUT2D eigenvalue weighted by atomic mass is 10.00. The minimum absolute atomic E-state index is 0.140. The number of nitrogens with zero attached hydrogens (tertiary/aromatic N) is 1. The van der Waals surface area contributed by atoms with Crippen LogP contribution in [0.1, 0.15) is 42.9 Å². The Balaban J connectivity index is 1.50. The Morgan fingerprint density at radius 2 is 1.24 bits per heavy atom. The van der Waals surface area contributed by atoms with Crippen LogP contribution in [-0.4, -0.2) is 32.4 Å². The van der Waals surface area contributed by atoms with Crippen LogP contribution in [0, 0.1) is 0 Å². The molecule has 33 heavy (non-hydrogen) atoms. The van der Waals surface area contributed by atoms with Gasteiger partial charge in [0.2, 0.25) is 10.0 Å². The topological polar surface area (TPSA) is 78.5 Å². The van der Waals surface area contributed by atoms with Crippen LogP contribution in [-0.2, 0) is 10.0 Å². The fourth-order valence-corrected chi connectivity index (χ4v) is 5.25. The van der Waals surface area contributed by atoms with Gasteiger partial charge in [-0.3, -0.25) is 0 Å². The van der Waals surface area contributed by atoms with E-state index in [0.29, 0.717) is 5.69 Å². The Hall–Kier alpha value is -3.16. The Morgan fingerprint density at radius 1 is 0.727 bits per heavy atom. The zero-order chi connectivity index (χ0) is 23.1. The fourth-order valence-electron chi connectivity index (χ4n) is 4.04. The molecule has 3 aromatic carbocycles. The van der Waals surface area contributed by atoms with E-state index in [2.05, 4.69) is 10.0 Å². The third-order valence-corrected chi connectivity index (χ3v) is 7.29. The van der Waals surface area contributed by atoms with E-state index in [1.54, 1.807) is 12.1 Å². The highest BCUT2D eigenvalue weighted by atomic mass is 32.2. The molecule has 1 aliphatic rings.